The van der Waals surface area contributed by atoms with E-state index in [0.717, 1.165) is 13.1 Å². The molecule has 2 N–H and O–H groups in total. The lowest BCUT2D eigenvalue weighted by Crippen LogP contribution is -2.50. The monoisotopic (exact) mass is 317 g/mol. The molecule has 20 heavy (non-hydrogen) atoms. The van der Waals surface area contributed by atoms with Crippen LogP contribution in [-0.4, -0.2) is 49.8 Å². The average Bonchev–Trinajstić information content (AvgIpc) is 2.38. The minimum absolute atomic E-state index is 0.131. The Morgan fingerprint density at radius 3 is 2.30 bits per heavy atom. The lowest BCUT2D eigenvalue weighted by atomic mass is 10.3. The minimum Gasteiger partial charge on any atom is -0.399 e. The summed E-state index contributed by atoms with van der Waals surface area (Å²) in [6, 6.07) is 4.93. The van der Waals surface area contributed by atoms with Gasteiger partial charge in [-0.15, -0.1) is 0 Å². The average molecular weight is 318 g/mol. The van der Waals surface area contributed by atoms with Crippen molar-refractivity contribution in [3.05, 3.63) is 23.2 Å². The highest BCUT2D eigenvalue weighted by molar-refractivity contribution is 7.89. The van der Waals surface area contributed by atoms with E-state index >= 15 is 0 Å². The number of hydrogen-bond acceptors (Lipinski definition) is 4. The molecule has 0 spiro atoms. The van der Waals surface area contributed by atoms with Gasteiger partial charge in [-0.05, 0) is 32.0 Å². The maximum atomic E-state index is 12.6. The third kappa shape index (κ3) is 3.09. The van der Waals surface area contributed by atoms with Gasteiger partial charge < -0.3 is 5.73 Å². The van der Waals surface area contributed by atoms with Gasteiger partial charge in [0.05, 0.1) is 5.02 Å². The molecule has 7 heteroatoms. The first-order valence-corrected chi connectivity index (χ1v) is 8.43. The van der Waals surface area contributed by atoms with Crippen LogP contribution in [0.15, 0.2) is 23.1 Å². The van der Waals surface area contributed by atoms with Gasteiger partial charge in [0.1, 0.15) is 4.90 Å². The number of sulfonamides is 1. The summed E-state index contributed by atoms with van der Waals surface area (Å²) in [5.74, 6) is 0. The molecule has 1 saturated heterocycles. The third-order valence-electron chi connectivity index (χ3n) is 3.58. The van der Waals surface area contributed by atoms with Gasteiger partial charge in [-0.1, -0.05) is 11.6 Å². The van der Waals surface area contributed by atoms with Crippen LogP contribution >= 0.6 is 11.6 Å². The van der Waals surface area contributed by atoms with Crippen LogP contribution in [0.1, 0.15) is 13.8 Å². The number of nitrogens with two attached hydrogens (primary N) is 1. The summed E-state index contributed by atoms with van der Waals surface area (Å²) in [6.07, 6.45) is 0. The highest BCUT2D eigenvalue weighted by Crippen LogP contribution is 2.27. The van der Waals surface area contributed by atoms with Crippen LogP contribution in [0.3, 0.4) is 0 Å². The minimum atomic E-state index is -3.54. The molecule has 1 aliphatic rings. The summed E-state index contributed by atoms with van der Waals surface area (Å²) in [5, 5.41) is 0.177. The van der Waals surface area contributed by atoms with Gasteiger partial charge in [-0.2, -0.15) is 4.31 Å². The van der Waals surface area contributed by atoms with Crippen molar-refractivity contribution in [2.75, 3.05) is 31.9 Å². The predicted molar refractivity (Wildman–Crippen MR) is 81.3 cm³/mol. The van der Waals surface area contributed by atoms with Crippen LogP contribution in [0.25, 0.3) is 0 Å². The van der Waals surface area contributed by atoms with E-state index in [1.165, 1.54) is 16.4 Å². The van der Waals surface area contributed by atoms with Crippen LogP contribution in [0.2, 0.25) is 5.02 Å². The first kappa shape index (κ1) is 15.6. The highest BCUT2D eigenvalue weighted by Gasteiger charge is 2.30. The number of anilines is 1. The summed E-state index contributed by atoms with van der Waals surface area (Å²) in [4.78, 5) is 2.39. The second-order valence-electron chi connectivity index (χ2n) is 5.22. The van der Waals surface area contributed by atoms with E-state index in [1.807, 2.05) is 0 Å². The van der Waals surface area contributed by atoms with Crippen molar-refractivity contribution in [1.29, 1.82) is 0 Å². The molecule has 0 saturated carbocycles. The van der Waals surface area contributed by atoms with Crippen LogP contribution < -0.4 is 5.73 Å². The molecule has 0 aromatic heterocycles. The quantitative estimate of drug-likeness (QED) is 0.861. The van der Waals surface area contributed by atoms with Crippen molar-refractivity contribution in [2.45, 2.75) is 24.8 Å². The fourth-order valence-electron chi connectivity index (χ4n) is 2.33. The molecule has 0 aliphatic carbocycles. The van der Waals surface area contributed by atoms with Crippen LogP contribution in [-0.2, 0) is 10.0 Å². The van der Waals surface area contributed by atoms with E-state index in [2.05, 4.69) is 18.7 Å². The molecule has 1 aliphatic heterocycles. The Hall–Kier alpha value is -0.820. The molecule has 1 aromatic rings. The van der Waals surface area contributed by atoms with Crippen molar-refractivity contribution in [3.63, 3.8) is 0 Å². The van der Waals surface area contributed by atoms with Crippen molar-refractivity contribution >= 4 is 27.3 Å². The number of hydrogen-bond donors (Lipinski definition) is 1. The lowest BCUT2D eigenvalue weighted by Gasteiger charge is -2.36. The number of halogens is 1. The van der Waals surface area contributed by atoms with Crippen LogP contribution in [0.4, 0.5) is 5.69 Å². The number of nitrogen functional groups attached to an aromatic ring is 1. The van der Waals surface area contributed by atoms with Crippen LogP contribution in [0, 0.1) is 0 Å². The molecule has 0 unspecified atom stereocenters. The molecule has 1 fully saturated rings. The molecular formula is C13H20ClN3O2S. The second kappa shape index (κ2) is 5.89. The van der Waals surface area contributed by atoms with E-state index in [0.29, 0.717) is 24.8 Å². The zero-order chi connectivity index (χ0) is 14.9. The second-order valence-corrected chi connectivity index (χ2v) is 7.54. The van der Waals surface area contributed by atoms with Gasteiger partial charge >= 0.3 is 0 Å². The standard InChI is InChI=1S/C13H20ClN3O2S/c1-10(2)16-5-7-17(8-6-16)20(18,19)13-4-3-11(15)9-12(13)14/h3-4,9-10H,5-8,15H2,1-2H3. The molecule has 5 nitrogen and oxygen atoms in total. The Morgan fingerprint density at radius 1 is 1.20 bits per heavy atom. The normalized spacial score (nSPS) is 18.6. The van der Waals surface area contributed by atoms with Gasteiger partial charge in [0.15, 0.2) is 0 Å². The van der Waals surface area contributed by atoms with Gasteiger partial charge in [0.2, 0.25) is 10.0 Å². The summed E-state index contributed by atoms with van der Waals surface area (Å²) in [6.45, 7) is 6.68. The van der Waals surface area contributed by atoms with E-state index < -0.39 is 10.0 Å². The summed E-state index contributed by atoms with van der Waals surface area (Å²) in [5.41, 5.74) is 6.06. The molecule has 1 aromatic carbocycles. The zero-order valence-corrected chi connectivity index (χ0v) is 13.3. The Bertz CT molecular complexity index is 581. The molecule has 0 atom stereocenters. The number of nitrogens with zero attached hydrogens (tertiary/aromatic N) is 2. The van der Waals surface area contributed by atoms with Gasteiger partial charge in [0.25, 0.3) is 0 Å². The molecule has 0 bridgehead atoms. The van der Waals surface area contributed by atoms with Gasteiger partial charge in [-0.3, -0.25) is 4.90 Å². The predicted octanol–water partition coefficient (Wildman–Crippen LogP) is 1.64. The fraction of sp³-hybridized carbons (Fsp3) is 0.538. The topological polar surface area (TPSA) is 66.6 Å². The largest absolute Gasteiger partial charge is 0.399 e. The SMILES string of the molecule is CC(C)N1CCN(S(=O)(=O)c2ccc(N)cc2Cl)CC1. The first-order valence-electron chi connectivity index (χ1n) is 6.61. The number of piperazine rings is 1. The molecule has 1 heterocycles. The smallest absolute Gasteiger partial charge is 0.244 e. The highest BCUT2D eigenvalue weighted by atomic mass is 35.5. The van der Waals surface area contributed by atoms with Crippen molar-refractivity contribution in [2.24, 2.45) is 0 Å². The molecular weight excluding hydrogens is 298 g/mol. The Morgan fingerprint density at radius 2 is 1.80 bits per heavy atom. The van der Waals surface area contributed by atoms with E-state index in [1.54, 1.807) is 6.07 Å². The van der Waals surface area contributed by atoms with Crippen LogP contribution in [0.5, 0.6) is 0 Å². The Balaban J connectivity index is 2.20. The summed E-state index contributed by atoms with van der Waals surface area (Å²) >= 11 is 6.02. The van der Waals surface area contributed by atoms with E-state index in [-0.39, 0.29) is 9.92 Å². The Labute approximate surface area is 125 Å². The third-order valence-corrected chi connectivity index (χ3v) is 5.96. The molecule has 2 rings (SSSR count). The summed E-state index contributed by atoms with van der Waals surface area (Å²) < 4.78 is 26.6. The van der Waals surface area contributed by atoms with Crippen molar-refractivity contribution in [3.8, 4) is 0 Å². The maximum absolute atomic E-state index is 12.6. The number of rotatable bonds is 3. The molecule has 0 radical (unpaired) electrons. The van der Waals surface area contributed by atoms with Gasteiger partial charge in [0, 0.05) is 37.9 Å². The first-order chi connectivity index (χ1) is 9.32. The Kier molecular flexibility index (Phi) is 4.59. The molecule has 112 valence electrons. The van der Waals surface area contributed by atoms with Crippen molar-refractivity contribution < 1.29 is 8.42 Å². The van der Waals surface area contributed by atoms with E-state index in [9.17, 15) is 8.42 Å². The summed E-state index contributed by atoms with van der Waals surface area (Å²) in [7, 11) is -3.54. The lowest BCUT2D eigenvalue weighted by molar-refractivity contribution is 0.154. The van der Waals surface area contributed by atoms with Crippen molar-refractivity contribution in [1.82, 2.24) is 9.21 Å². The maximum Gasteiger partial charge on any atom is 0.244 e. The zero-order valence-electron chi connectivity index (χ0n) is 11.7. The van der Waals surface area contributed by atoms with E-state index in [4.69, 9.17) is 17.3 Å². The molecule has 0 amide bonds. The number of benzene rings is 1. The van der Waals surface area contributed by atoms with Gasteiger partial charge in [-0.25, -0.2) is 8.42 Å². The fourth-order valence-corrected chi connectivity index (χ4v) is 4.27.